The first-order valence-corrected chi connectivity index (χ1v) is 7.62. The lowest BCUT2D eigenvalue weighted by Crippen LogP contribution is -2.39. The molecule has 0 aromatic carbocycles. The molecule has 2 nitrogen and oxygen atoms in total. The second-order valence-corrected chi connectivity index (χ2v) is 7.76. The molecule has 1 heterocycles. The van der Waals surface area contributed by atoms with Crippen LogP contribution in [0.4, 0.5) is 0 Å². The zero-order valence-corrected chi connectivity index (χ0v) is 13.5. The zero-order valence-electron chi connectivity index (χ0n) is 11.1. The summed E-state index contributed by atoms with van der Waals surface area (Å²) in [5, 5.41) is 5.64. The molecule has 0 aliphatic heterocycles. The normalized spacial score (nSPS) is 13.1. The number of thiophene rings is 1. The third-order valence-corrected chi connectivity index (χ3v) is 4.80. The molecule has 0 aliphatic carbocycles. The van der Waals surface area contributed by atoms with E-state index in [1.807, 2.05) is 11.3 Å². The van der Waals surface area contributed by atoms with Gasteiger partial charge in [0.25, 0.3) is 0 Å². The average molecular weight is 319 g/mol. The summed E-state index contributed by atoms with van der Waals surface area (Å²) in [6.45, 7) is 10.6. The van der Waals surface area contributed by atoms with Crippen LogP contribution in [0.2, 0.25) is 0 Å². The smallest absolute Gasteiger partial charge is 0.0285 e. The zero-order chi connectivity index (χ0) is 13.1. The summed E-state index contributed by atoms with van der Waals surface area (Å²) in [5.41, 5.74) is 6.05. The van der Waals surface area contributed by atoms with Crippen molar-refractivity contribution in [2.45, 2.75) is 45.1 Å². The van der Waals surface area contributed by atoms with Gasteiger partial charge in [0, 0.05) is 32.2 Å². The highest BCUT2D eigenvalue weighted by atomic mass is 79.9. The molecule has 0 spiro atoms. The van der Waals surface area contributed by atoms with Crippen molar-refractivity contribution in [3.8, 4) is 0 Å². The van der Waals surface area contributed by atoms with Crippen LogP contribution in [0.15, 0.2) is 15.9 Å². The average Bonchev–Trinajstić information content (AvgIpc) is 2.59. The molecule has 0 unspecified atom stereocenters. The summed E-state index contributed by atoms with van der Waals surface area (Å²) in [6.07, 6.45) is 0.997. The molecule has 1 aromatic rings. The molecule has 0 aliphatic rings. The maximum absolute atomic E-state index is 5.96. The van der Waals surface area contributed by atoms with Crippen LogP contribution in [0.1, 0.15) is 39.0 Å². The van der Waals surface area contributed by atoms with Gasteiger partial charge in [0.2, 0.25) is 0 Å². The van der Waals surface area contributed by atoms with Gasteiger partial charge in [0.05, 0.1) is 0 Å². The molecular weight excluding hydrogens is 296 g/mol. The third-order valence-electron chi connectivity index (χ3n) is 2.75. The molecule has 17 heavy (non-hydrogen) atoms. The molecule has 0 fully saturated rings. The topological polar surface area (TPSA) is 38.0 Å². The van der Waals surface area contributed by atoms with Crippen LogP contribution in [0.25, 0.3) is 0 Å². The predicted molar refractivity (Wildman–Crippen MR) is 80.8 cm³/mol. The Morgan fingerprint density at radius 2 is 2.00 bits per heavy atom. The Bertz CT molecular complexity index is 353. The maximum Gasteiger partial charge on any atom is 0.0285 e. The van der Waals surface area contributed by atoms with Gasteiger partial charge in [-0.15, -0.1) is 11.3 Å². The van der Waals surface area contributed by atoms with Crippen LogP contribution < -0.4 is 11.1 Å². The van der Waals surface area contributed by atoms with Gasteiger partial charge in [-0.1, -0.05) is 13.8 Å². The lowest BCUT2D eigenvalue weighted by molar-refractivity contribution is 0.421. The molecule has 4 heteroatoms. The SMILES string of the molecule is CC(C)(N)CCNCC(C)(C)c1cc(Br)cs1. The van der Waals surface area contributed by atoms with Crippen molar-refractivity contribution in [2.75, 3.05) is 13.1 Å². The van der Waals surface area contributed by atoms with E-state index in [1.165, 1.54) is 9.35 Å². The minimum Gasteiger partial charge on any atom is -0.326 e. The molecule has 0 saturated carbocycles. The third kappa shape index (κ3) is 5.51. The second-order valence-electron chi connectivity index (χ2n) is 5.93. The maximum atomic E-state index is 5.96. The summed E-state index contributed by atoms with van der Waals surface area (Å²) in [6, 6.07) is 2.21. The number of hydrogen-bond acceptors (Lipinski definition) is 3. The summed E-state index contributed by atoms with van der Waals surface area (Å²) in [7, 11) is 0. The summed E-state index contributed by atoms with van der Waals surface area (Å²) in [4.78, 5) is 1.41. The quantitative estimate of drug-likeness (QED) is 0.788. The fraction of sp³-hybridized carbons (Fsp3) is 0.692. The number of nitrogens with one attached hydrogen (secondary N) is 1. The monoisotopic (exact) mass is 318 g/mol. The number of rotatable bonds is 6. The lowest BCUT2D eigenvalue weighted by Gasteiger charge is -2.25. The molecular formula is C13H23BrN2S. The van der Waals surface area contributed by atoms with Crippen molar-refractivity contribution >= 4 is 27.3 Å². The van der Waals surface area contributed by atoms with E-state index in [1.54, 1.807) is 0 Å². The highest BCUT2D eigenvalue weighted by Gasteiger charge is 2.22. The van der Waals surface area contributed by atoms with Gasteiger partial charge in [0.1, 0.15) is 0 Å². The number of halogens is 1. The van der Waals surface area contributed by atoms with Crippen molar-refractivity contribution in [2.24, 2.45) is 5.73 Å². The van der Waals surface area contributed by atoms with Gasteiger partial charge >= 0.3 is 0 Å². The van der Waals surface area contributed by atoms with Crippen molar-refractivity contribution in [3.05, 3.63) is 20.8 Å². The largest absolute Gasteiger partial charge is 0.326 e. The van der Waals surface area contributed by atoms with E-state index in [9.17, 15) is 0 Å². The van der Waals surface area contributed by atoms with E-state index in [0.717, 1.165) is 19.5 Å². The number of nitrogens with two attached hydrogens (primary N) is 1. The van der Waals surface area contributed by atoms with E-state index < -0.39 is 0 Å². The second kappa shape index (κ2) is 5.83. The van der Waals surface area contributed by atoms with Crippen LogP contribution >= 0.6 is 27.3 Å². The van der Waals surface area contributed by atoms with Crippen LogP contribution in [0.5, 0.6) is 0 Å². The van der Waals surface area contributed by atoms with Gasteiger partial charge in [-0.3, -0.25) is 0 Å². The van der Waals surface area contributed by atoms with E-state index in [-0.39, 0.29) is 11.0 Å². The van der Waals surface area contributed by atoms with E-state index >= 15 is 0 Å². The Balaban J connectivity index is 2.40. The van der Waals surface area contributed by atoms with Gasteiger partial charge in [0.15, 0.2) is 0 Å². The predicted octanol–water partition coefficient (Wildman–Crippen LogP) is 3.51. The summed E-state index contributed by atoms with van der Waals surface area (Å²) in [5.74, 6) is 0. The van der Waals surface area contributed by atoms with E-state index in [0.29, 0.717) is 0 Å². The van der Waals surface area contributed by atoms with E-state index in [2.05, 4.69) is 60.4 Å². The molecule has 0 saturated heterocycles. The van der Waals surface area contributed by atoms with Crippen molar-refractivity contribution in [1.29, 1.82) is 0 Å². The first-order chi connectivity index (χ1) is 7.71. The molecule has 0 bridgehead atoms. The Kier molecular flexibility index (Phi) is 5.20. The van der Waals surface area contributed by atoms with Crippen LogP contribution in [-0.2, 0) is 5.41 Å². The molecule has 0 radical (unpaired) electrons. The highest BCUT2D eigenvalue weighted by Crippen LogP contribution is 2.30. The lowest BCUT2D eigenvalue weighted by atomic mass is 9.91. The fourth-order valence-corrected chi connectivity index (χ4v) is 3.12. The van der Waals surface area contributed by atoms with Gasteiger partial charge in [-0.2, -0.15) is 0 Å². The molecule has 0 amide bonds. The standard InChI is InChI=1S/C13H23BrN2S/c1-12(2,11-7-10(14)8-17-11)9-16-6-5-13(3,4)15/h7-8,16H,5-6,9,15H2,1-4H3. The first-order valence-electron chi connectivity index (χ1n) is 5.95. The Labute approximate surface area is 117 Å². The van der Waals surface area contributed by atoms with Crippen molar-refractivity contribution in [1.82, 2.24) is 5.32 Å². The Hall–Kier alpha value is 0.1000. The molecule has 1 rings (SSSR count). The van der Waals surface area contributed by atoms with E-state index in [4.69, 9.17) is 5.73 Å². The van der Waals surface area contributed by atoms with Crippen LogP contribution in [0.3, 0.4) is 0 Å². The summed E-state index contributed by atoms with van der Waals surface area (Å²) >= 11 is 5.31. The van der Waals surface area contributed by atoms with Gasteiger partial charge < -0.3 is 11.1 Å². The van der Waals surface area contributed by atoms with Crippen molar-refractivity contribution in [3.63, 3.8) is 0 Å². The fourth-order valence-electron chi connectivity index (χ4n) is 1.57. The van der Waals surface area contributed by atoms with Gasteiger partial charge in [-0.05, 0) is 48.8 Å². The minimum absolute atomic E-state index is 0.0803. The minimum atomic E-state index is -0.0803. The van der Waals surface area contributed by atoms with Crippen molar-refractivity contribution < 1.29 is 0 Å². The van der Waals surface area contributed by atoms with Crippen LogP contribution in [0, 0.1) is 0 Å². The Morgan fingerprint density at radius 3 is 2.47 bits per heavy atom. The number of hydrogen-bond donors (Lipinski definition) is 2. The molecule has 0 atom stereocenters. The van der Waals surface area contributed by atoms with Crippen LogP contribution in [-0.4, -0.2) is 18.6 Å². The van der Waals surface area contributed by atoms with Gasteiger partial charge in [-0.25, -0.2) is 0 Å². The molecule has 3 N–H and O–H groups in total. The summed E-state index contributed by atoms with van der Waals surface area (Å²) < 4.78 is 1.17. The molecule has 1 aromatic heterocycles. The first kappa shape index (κ1) is 15.2. The molecule has 98 valence electrons. The Morgan fingerprint density at radius 1 is 1.35 bits per heavy atom. The highest BCUT2D eigenvalue weighted by molar-refractivity contribution is 9.10.